The van der Waals surface area contributed by atoms with Crippen molar-refractivity contribution in [2.45, 2.75) is 25.9 Å². The molecule has 0 aliphatic rings. The molecule has 0 radical (unpaired) electrons. The molecule has 0 atom stereocenters. The summed E-state index contributed by atoms with van der Waals surface area (Å²) in [6.45, 7) is 2.82. The maximum absolute atomic E-state index is 13.2. The minimum Gasteiger partial charge on any atom is -0.480 e. The van der Waals surface area contributed by atoms with Gasteiger partial charge < -0.3 is 15.7 Å². The molecule has 0 fully saturated rings. The quantitative estimate of drug-likeness (QED) is 0.791. The minimum absolute atomic E-state index is 0.0832. The van der Waals surface area contributed by atoms with Crippen LogP contribution in [-0.2, 0) is 11.3 Å². The summed E-state index contributed by atoms with van der Waals surface area (Å²) in [6.07, 6.45) is 0. The number of carboxylic acids is 1. The van der Waals surface area contributed by atoms with Crippen LogP contribution in [0.15, 0.2) is 22.7 Å². The first-order valence-corrected chi connectivity index (χ1v) is 6.25. The van der Waals surface area contributed by atoms with Crippen molar-refractivity contribution in [2.24, 2.45) is 0 Å². The minimum atomic E-state index is -1.37. The van der Waals surface area contributed by atoms with E-state index in [1.165, 1.54) is 26.0 Å². The molecule has 0 bridgehead atoms. The predicted octanol–water partition coefficient (Wildman–Crippen LogP) is 2.25. The monoisotopic (exact) mass is 332 g/mol. The first-order valence-electron chi connectivity index (χ1n) is 5.46. The van der Waals surface area contributed by atoms with E-state index in [-0.39, 0.29) is 11.0 Å². The topological polar surface area (TPSA) is 78.4 Å². The van der Waals surface area contributed by atoms with Gasteiger partial charge in [-0.3, -0.25) is 0 Å². The molecule has 0 saturated heterocycles. The Morgan fingerprint density at radius 3 is 2.63 bits per heavy atom. The summed E-state index contributed by atoms with van der Waals surface area (Å²) in [6, 6.07) is 3.83. The fourth-order valence-corrected chi connectivity index (χ4v) is 1.65. The van der Waals surface area contributed by atoms with Gasteiger partial charge in [-0.2, -0.15) is 0 Å². The molecular weight excluding hydrogens is 319 g/mol. The fourth-order valence-electron chi connectivity index (χ4n) is 1.24. The number of rotatable bonds is 4. The molecule has 1 aromatic carbocycles. The third-order valence-electron chi connectivity index (χ3n) is 2.43. The van der Waals surface area contributed by atoms with Crippen molar-refractivity contribution in [1.29, 1.82) is 0 Å². The van der Waals surface area contributed by atoms with Gasteiger partial charge in [-0.1, -0.05) is 12.1 Å². The van der Waals surface area contributed by atoms with Gasteiger partial charge in [0.15, 0.2) is 0 Å². The van der Waals surface area contributed by atoms with Crippen LogP contribution in [0.2, 0.25) is 0 Å². The molecule has 7 heteroatoms. The largest absolute Gasteiger partial charge is 0.480 e. The molecule has 2 amide bonds. The summed E-state index contributed by atoms with van der Waals surface area (Å²) < 4.78 is 13.5. The number of carbonyl (C=O) groups is 2. The van der Waals surface area contributed by atoms with Gasteiger partial charge in [0.25, 0.3) is 0 Å². The Bertz CT molecular complexity index is 506. The van der Waals surface area contributed by atoms with Crippen LogP contribution in [0.4, 0.5) is 9.18 Å². The molecule has 0 unspecified atom stereocenters. The summed E-state index contributed by atoms with van der Waals surface area (Å²) >= 11 is 3.07. The van der Waals surface area contributed by atoms with Crippen molar-refractivity contribution in [3.8, 4) is 0 Å². The maximum Gasteiger partial charge on any atom is 0.328 e. The number of hydrogen-bond acceptors (Lipinski definition) is 2. The van der Waals surface area contributed by atoms with Crippen LogP contribution in [0.25, 0.3) is 0 Å². The molecular formula is C12H14BrFN2O3. The average Bonchev–Trinajstić information content (AvgIpc) is 2.30. The highest BCUT2D eigenvalue weighted by atomic mass is 79.9. The van der Waals surface area contributed by atoms with Crippen LogP contribution >= 0.6 is 15.9 Å². The second-order valence-electron chi connectivity index (χ2n) is 4.45. The van der Waals surface area contributed by atoms with E-state index >= 15 is 0 Å². The third kappa shape index (κ3) is 4.20. The van der Waals surface area contributed by atoms with E-state index in [0.29, 0.717) is 5.56 Å². The lowest BCUT2D eigenvalue weighted by Gasteiger charge is -2.21. The van der Waals surface area contributed by atoms with Crippen LogP contribution in [0.3, 0.4) is 0 Å². The molecule has 1 rings (SSSR count). The fraction of sp³-hybridized carbons (Fsp3) is 0.333. The molecule has 5 nitrogen and oxygen atoms in total. The molecule has 0 saturated carbocycles. The Labute approximate surface area is 118 Å². The number of nitrogens with one attached hydrogen (secondary N) is 2. The summed E-state index contributed by atoms with van der Waals surface area (Å²) in [5, 5.41) is 13.6. The molecule has 0 aliphatic carbocycles. The second-order valence-corrected chi connectivity index (χ2v) is 5.24. The lowest BCUT2D eigenvalue weighted by Crippen LogP contribution is -2.53. The van der Waals surface area contributed by atoms with Gasteiger partial charge in [-0.15, -0.1) is 0 Å². The number of carbonyl (C=O) groups excluding carboxylic acids is 1. The van der Waals surface area contributed by atoms with Crippen LogP contribution < -0.4 is 10.6 Å². The predicted molar refractivity (Wildman–Crippen MR) is 71.2 cm³/mol. The molecule has 3 N–H and O–H groups in total. The number of hydrogen-bond donors (Lipinski definition) is 3. The Morgan fingerprint density at radius 2 is 2.05 bits per heavy atom. The van der Waals surface area contributed by atoms with Gasteiger partial charge in [0.05, 0.1) is 4.47 Å². The van der Waals surface area contributed by atoms with Crippen molar-refractivity contribution in [1.82, 2.24) is 10.6 Å². The van der Waals surface area contributed by atoms with E-state index in [9.17, 15) is 14.0 Å². The molecule has 0 spiro atoms. The zero-order valence-electron chi connectivity index (χ0n) is 10.5. The lowest BCUT2D eigenvalue weighted by molar-refractivity contribution is -0.142. The van der Waals surface area contributed by atoms with Crippen molar-refractivity contribution in [2.75, 3.05) is 0 Å². The average molecular weight is 333 g/mol. The molecule has 104 valence electrons. The standard InChI is InChI=1S/C12H14BrFN2O3/c1-12(2,10(17)18)16-11(19)15-6-7-4-3-5-8(14)9(7)13/h3-5H,6H2,1-2H3,(H,17,18)(H2,15,16,19). The summed E-state index contributed by atoms with van der Waals surface area (Å²) in [5.74, 6) is -1.57. The first-order chi connectivity index (χ1) is 8.74. The van der Waals surface area contributed by atoms with E-state index in [1.54, 1.807) is 6.07 Å². The SMILES string of the molecule is CC(C)(NC(=O)NCc1cccc(F)c1Br)C(=O)O. The molecule has 0 aliphatic heterocycles. The first kappa shape index (κ1) is 15.4. The number of urea groups is 1. The molecule has 0 heterocycles. The van der Waals surface area contributed by atoms with Gasteiger partial charge in [-0.25, -0.2) is 14.0 Å². The van der Waals surface area contributed by atoms with E-state index in [4.69, 9.17) is 5.11 Å². The Morgan fingerprint density at radius 1 is 1.42 bits per heavy atom. The van der Waals surface area contributed by atoms with E-state index in [0.717, 1.165) is 0 Å². The Hall–Kier alpha value is -1.63. The highest BCUT2D eigenvalue weighted by molar-refractivity contribution is 9.10. The number of halogens is 2. The normalized spacial score (nSPS) is 10.9. The van der Waals surface area contributed by atoms with Crippen LogP contribution in [0, 0.1) is 5.82 Å². The van der Waals surface area contributed by atoms with Crippen molar-refractivity contribution in [3.63, 3.8) is 0 Å². The van der Waals surface area contributed by atoms with Gasteiger partial charge in [0.2, 0.25) is 0 Å². The van der Waals surface area contributed by atoms with Crippen molar-refractivity contribution in [3.05, 3.63) is 34.1 Å². The van der Waals surface area contributed by atoms with E-state index in [1.807, 2.05) is 0 Å². The van der Waals surface area contributed by atoms with E-state index in [2.05, 4.69) is 26.6 Å². The highest BCUT2D eigenvalue weighted by Crippen LogP contribution is 2.20. The second kappa shape index (κ2) is 6.01. The zero-order valence-corrected chi connectivity index (χ0v) is 12.0. The van der Waals surface area contributed by atoms with Gasteiger partial charge in [0.1, 0.15) is 11.4 Å². The van der Waals surface area contributed by atoms with Gasteiger partial charge >= 0.3 is 12.0 Å². The number of aliphatic carboxylic acids is 1. The molecule has 1 aromatic rings. The lowest BCUT2D eigenvalue weighted by atomic mass is 10.1. The summed E-state index contributed by atoms with van der Waals surface area (Å²) in [5.41, 5.74) is -0.813. The van der Waals surface area contributed by atoms with Crippen LogP contribution in [-0.4, -0.2) is 22.6 Å². The maximum atomic E-state index is 13.2. The zero-order chi connectivity index (χ0) is 14.6. The van der Waals surface area contributed by atoms with Gasteiger partial charge in [0, 0.05) is 6.54 Å². The highest BCUT2D eigenvalue weighted by Gasteiger charge is 2.28. The number of carboxylic acid groups (broad SMARTS) is 1. The summed E-state index contributed by atoms with van der Waals surface area (Å²) in [4.78, 5) is 22.4. The molecule has 19 heavy (non-hydrogen) atoms. The number of benzene rings is 1. The van der Waals surface area contributed by atoms with Crippen molar-refractivity contribution >= 4 is 27.9 Å². The van der Waals surface area contributed by atoms with Crippen LogP contribution in [0.5, 0.6) is 0 Å². The Kier molecular flexibility index (Phi) is 4.88. The van der Waals surface area contributed by atoms with E-state index < -0.39 is 23.4 Å². The molecule has 0 aromatic heterocycles. The summed E-state index contributed by atoms with van der Waals surface area (Å²) in [7, 11) is 0. The third-order valence-corrected chi connectivity index (χ3v) is 3.32. The Balaban J connectivity index is 2.60. The van der Waals surface area contributed by atoms with Crippen LogP contribution in [0.1, 0.15) is 19.4 Å². The van der Waals surface area contributed by atoms with Gasteiger partial charge in [-0.05, 0) is 41.4 Å². The smallest absolute Gasteiger partial charge is 0.328 e. The van der Waals surface area contributed by atoms with Crippen molar-refractivity contribution < 1.29 is 19.1 Å². The number of amides is 2.